The molecule has 0 radical (unpaired) electrons. The number of aromatic nitrogens is 2. The van der Waals surface area contributed by atoms with E-state index in [-0.39, 0.29) is 12.5 Å². The molecule has 0 saturated carbocycles. The molecule has 82 valence electrons. The highest BCUT2D eigenvalue weighted by Crippen LogP contribution is 2.12. The lowest BCUT2D eigenvalue weighted by Crippen LogP contribution is -2.34. The quantitative estimate of drug-likeness (QED) is 0.708. The van der Waals surface area contributed by atoms with Crippen LogP contribution in [0.4, 0.5) is 11.8 Å². The molecule has 1 heterocycles. The third-order valence-corrected chi connectivity index (χ3v) is 1.91. The highest BCUT2D eigenvalue weighted by Gasteiger charge is 2.10. The summed E-state index contributed by atoms with van der Waals surface area (Å²) in [6.45, 7) is 4.50. The summed E-state index contributed by atoms with van der Waals surface area (Å²) in [5, 5.41) is 0. The number of carbonyl (C=O) groups is 1. The van der Waals surface area contributed by atoms with Gasteiger partial charge in [0.15, 0.2) is 0 Å². The predicted molar refractivity (Wildman–Crippen MR) is 58.3 cm³/mol. The Bertz CT molecular complexity index is 345. The zero-order valence-corrected chi connectivity index (χ0v) is 8.90. The van der Waals surface area contributed by atoms with E-state index in [1.807, 2.05) is 13.8 Å². The van der Waals surface area contributed by atoms with Gasteiger partial charge in [-0.3, -0.25) is 4.79 Å². The zero-order chi connectivity index (χ0) is 11.4. The number of likely N-dealkylation sites (N-methyl/N-ethyl adjacent to an activating group) is 1. The maximum Gasteiger partial charge on any atom is 0.236 e. The minimum Gasteiger partial charge on any atom is -0.368 e. The molecule has 0 aliphatic heterocycles. The van der Waals surface area contributed by atoms with Crippen molar-refractivity contribution in [1.29, 1.82) is 0 Å². The van der Waals surface area contributed by atoms with Crippen LogP contribution in [0.1, 0.15) is 12.6 Å². The van der Waals surface area contributed by atoms with Crippen LogP contribution in [-0.2, 0) is 4.79 Å². The van der Waals surface area contributed by atoms with Crippen LogP contribution in [0.25, 0.3) is 0 Å². The highest BCUT2D eigenvalue weighted by atomic mass is 16.1. The van der Waals surface area contributed by atoms with Crippen LogP contribution < -0.4 is 16.4 Å². The van der Waals surface area contributed by atoms with Crippen molar-refractivity contribution in [2.75, 3.05) is 23.7 Å². The Morgan fingerprint density at radius 3 is 2.67 bits per heavy atom. The molecule has 6 heteroatoms. The average Bonchev–Trinajstić information content (AvgIpc) is 2.12. The summed E-state index contributed by atoms with van der Waals surface area (Å²) in [6, 6.07) is 1.77. The first-order valence-corrected chi connectivity index (χ1v) is 4.67. The van der Waals surface area contributed by atoms with E-state index in [0.717, 1.165) is 5.69 Å². The van der Waals surface area contributed by atoms with E-state index < -0.39 is 5.91 Å². The standard InChI is InChI=1S/C9H15N5O/c1-3-14(5-7(10)15)8-4-6(2)12-9(11)13-8/h4H,3,5H2,1-2H3,(H2,10,15)(H2,11,12,13). The number of rotatable bonds is 4. The summed E-state index contributed by atoms with van der Waals surface area (Å²) >= 11 is 0. The Morgan fingerprint density at radius 1 is 1.53 bits per heavy atom. The molecule has 1 rings (SSSR count). The average molecular weight is 209 g/mol. The van der Waals surface area contributed by atoms with E-state index in [1.165, 1.54) is 0 Å². The molecule has 1 amide bonds. The van der Waals surface area contributed by atoms with Crippen molar-refractivity contribution in [2.24, 2.45) is 5.73 Å². The number of nitrogen functional groups attached to an aromatic ring is 1. The molecule has 4 N–H and O–H groups in total. The van der Waals surface area contributed by atoms with E-state index in [0.29, 0.717) is 12.4 Å². The first kappa shape index (κ1) is 11.2. The van der Waals surface area contributed by atoms with Gasteiger partial charge in [0.05, 0.1) is 6.54 Å². The van der Waals surface area contributed by atoms with Gasteiger partial charge in [0, 0.05) is 18.3 Å². The fourth-order valence-electron chi connectivity index (χ4n) is 1.28. The second-order valence-corrected chi connectivity index (χ2v) is 3.21. The van der Waals surface area contributed by atoms with Crippen LogP contribution >= 0.6 is 0 Å². The van der Waals surface area contributed by atoms with Crippen molar-refractivity contribution in [1.82, 2.24) is 9.97 Å². The van der Waals surface area contributed by atoms with Crippen molar-refractivity contribution >= 4 is 17.7 Å². The first-order valence-electron chi connectivity index (χ1n) is 4.67. The lowest BCUT2D eigenvalue weighted by atomic mass is 10.3. The van der Waals surface area contributed by atoms with Crippen LogP contribution in [-0.4, -0.2) is 29.0 Å². The maximum atomic E-state index is 10.8. The minimum atomic E-state index is -0.397. The van der Waals surface area contributed by atoms with Crippen molar-refractivity contribution in [3.63, 3.8) is 0 Å². The fourth-order valence-corrected chi connectivity index (χ4v) is 1.28. The second-order valence-electron chi connectivity index (χ2n) is 3.21. The molecule has 1 aromatic rings. The molecule has 0 aliphatic carbocycles. The van der Waals surface area contributed by atoms with Gasteiger partial charge in [0.25, 0.3) is 0 Å². The van der Waals surface area contributed by atoms with Crippen LogP contribution in [0, 0.1) is 6.92 Å². The Hall–Kier alpha value is -1.85. The molecule has 0 saturated heterocycles. The van der Waals surface area contributed by atoms with E-state index in [2.05, 4.69) is 9.97 Å². The van der Waals surface area contributed by atoms with Gasteiger partial charge in [-0.25, -0.2) is 4.98 Å². The molecule has 0 unspecified atom stereocenters. The van der Waals surface area contributed by atoms with Gasteiger partial charge in [-0.15, -0.1) is 0 Å². The number of nitrogens with two attached hydrogens (primary N) is 2. The molecule has 1 aromatic heterocycles. The molecule has 0 aliphatic rings. The number of primary amides is 1. The number of hydrogen-bond donors (Lipinski definition) is 2. The van der Waals surface area contributed by atoms with Gasteiger partial charge >= 0.3 is 0 Å². The normalized spacial score (nSPS) is 10.0. The van der Waals surface area contributed by atoms with Gasteiger partial charge in [-0.1, -0.05) is 0 Å². The number of amides is 1. The zero-order valence-electron chi connectivity index (χ0n) is 8.90. The molecule has 0 bridgehead atoms. The molecule has 0 aromatic carbocycles. The van der Waals surface area contributed by atoms with Crippen LogP contribution in [0.2, 0.25) is 0 Å². The lowest BCUT2D eigenvalue weighted by Gasteiger charge is -2.20. The fraction of sp³-hybridized carbons (Fsp3) is 0.444. The number of aryl methyl sites for hydroxylation is 1. The molecule has 0 fully saturated rings. The summed E-state index contributed by atoms with van der Waals surface area (Å²) in [4.78, 5) is 20.6. The Kier molecular flexibility index (Phi) is 3.43. The summed E-state index contributed by atoms with van der Waals surface area (Å²) in [5.74, 6) is 0.431. The molecular weight excluding hydrogens is 194 g/mol. The Balaban J connectivity index is 2.95. The van der Waals surface area contributed by atoms with Gasteiger partial charge < -0.3 is 16.4 Å². The van der Waals surface area contributed by atoms with Crippen LogP contribution in [0.15, 0.2) is 6.07 Å². The van der Waals surface area contributed by atoms with Gasteiger partial charge in [-0.2, -0.15) is 4.98 Å². The third kappa shape index (κ3) is 3.08. The van der Waals surface area contributed by atoms with E-state index in [4.69, 9.17) is 11.5 Å². The smallest absolute Gasteiger partial charge is 0.236 e. The van der Waals surface area contributed by atoms with Crippen molar-refractivity contribution in [2.45, 2.75) is 13.8 Å². The van der Waals surface area contributed by atoms with Crippen LogP contribution in [0.3, 0.4) is 0 Å². The van der Waals surface area contributed by atoms with E-state index in [1.54, 1.807) is 11.0 Å². The molecular formula is C9H15N5O. The second kappa shape index (κ2) is 4.59. The molecule has 0 atom stereocenters. The molecule has 0 spiro atoms. The number of anilines is 2. The monoisotopic (exact) mass is 209 g/mol. The van der Waals surface area contributed by atoms with Crippen molar-refractivity contribution in [3.8, 4) is 0 Å². The first-order chi connectivity index (χ1) is 7.02. The lowest BCUT2D eigenvalue weighted by molar-refractivity contribution is -0.116. The number of carbonyl (C=O) groups excluding carboxylic acids is 1. The number of nitrogens with zero attached hydrogens (tertiary/aromatic N) is 3. The van der Waals surface area contributed by atoms with E-state index in [9.17, 15) is 4.79 Å². The van der Waals surface area contributed by atoms with Crippen LogP contribution in [0.5, 0.6) is 0 Å². The van der Waals surface area contributed by atoms with Gasteiger partial charge in [0.2, 0.25) is 11.9 Å². The maximum absolute atomic E-state index is 10.8. The van der Waals surface area contributed by atoms with E-state index >= 15 is 0 Å². The van der Waals surface area contributed by atoms with Gasteiger partial charge in [-0.05, 0) is 13.8 Å². The van der Waals surface area contributed by atoms with Crippen molar-refractivity contribution in [3.05, 3.63) is 11.8 Å². The minimum absolute atomic E-state index is 0.131. The highest BCUT2D eigenvalue weighted by molar-refractivity contribution is 5.79. The molecule has 15 heavy (non-hydrogen) atoms. The summed E-state index contributed by atoms with van der Waals surface area (Å²) in [6.07, 6.45) is 0. The summed E-state index contributed by atoms with van der Waals surface area (Å²) < 4.78 is 0. The van der Waals surface area contributed by atoms with Gasteiger partial charge in [0.1, 0.15) is 5.82 Å². The summed E-state index contributed by atoms with van der Waals surface area (Å²) in [5.41, 5.74) is 11.4. The predicted octanol–water partition coefficient (Wildman–Crippen LogP) is -0.321. The Morgan fingerprint density at radius 2 is 2.20 bits per heavy atom. The third-order valence-electron chi connectivity index (χ3n) is 1.91. The largest absolute Gasteiger partial charge is 0.368 e. The molecule has 6 nitrogen and oxygen atoms in total. The topological polar surface area (TPSA) is 98.1 Å². The number of hydrogen-bond acceptors (Lipinski definition) is 5. The Labute approximate surface area is 88.3 Å². The SMILES string of the molecule is CCN(CC(N)=O)c1cc(C)nc(N)n1. The summed E-state index contributed by atoms with van der Waals surface area (Å²) in [7, 11) is 0. The van der Waals surface area contributed by atoms with Crippen molar-refractivity contribution < 1.29 is 4.79 Å².